The van der Waals surface area contributed by atoms with Crippen molar-refractivity contribution in [3.8, 4) is 0 Å². The van der Waals surface area contributed by atoms with E-state index in [2.05, 4.69) is 22.5 Å². The van der Waals surface area contributed by atoms with Crippen molar-refractivity contribution in [2.75, 3.05) is 13.1 Å². The number of aryl methyl sites for hydroxylation is 1. The number of hydrogen-bond acceptors (Lipinski definition) is 4. The number of carbonyl (C=O) groups is 1. The van der Waals surface area contributed by atoms with Crippen LogP contribution in [0.5, 0.6) is 0 Å². The van der Waals surface area contributed by atoms with E-state index in [4.69, 9.17) is 0 Å². The molecule has 1 aromatic heterocycles. The number of nitrogens with zero attached hydrogens (tertiary/aromatic N) is 3. The van der Waals surface area contributed by atoms with Crippen LogP contribution in [0.15, 0.2) is 59.6 Å². The van der Waals surface area contributed by atoms with Gasteiger partial charge in [0.15, 0.2) is 0 Å². The fourth-order valence-corrected chi connectivity index (χ4v) is 6.93. The average Bonchev–Trinajstić information content (AvgIpc) is 3.29. The van der Waals surface area contributed by atoms with Crippen LogP contribution >= 0.6 is 0 Å². The normalized spacial score (nSPS) is 18.7. The molecule has 0 saturated carbocycles. The van der Waals surface area contributed by atoms with E-state index in [1.54, 1.807) is 23.4 Å². The van der Waals surface area contributed by atoms with Gasteiger partial charge >= 0.3 is 0 Å². The van der Waals surface area contributed by atoms with E-state index < -0.39 is 10.0 Å². The van der Waals surface area contributed by atoms with Crippen molar-refractivity contribution < 1.29 is 13.2 Å². The summed E-state index contributed by atoms with van der Waals surface area (Å²) in [4.78, 5) is 13.5. The van der Waals surface area contributed by atoms with E-state index in [-0.39, 0.29) is 16.8 Å². The minimum Gasteiger partial charge on any atom is -0.345 e. The Labute approximate surface area is 207 Å². The molecule has 8 heteroatoms. The van der Waals surface area contributed by atoms with Gasteiger partial charge in [-0.3, -0.25) is 9.48 Å². The van der Waals surface area contributed by atoms with Crippen LogP contribution in [0.3, 0.4) is 0 Å². The van der Waals surface area contributed by atoms with Gasteiger partial charge in [0.05, 0.1) is 23.7 Å². The number of piperidine rings is 1. The molecule has 1 N–H and O–H groups in total. The third kappa shape index (κ3) is 4.90. The van der Waals surface area contributed by atoms with Crippen LogP contribution in [-0.4, -0.2) is 41.5 Å². The van der Waals surface area contributed by atoms with Crippen molar-refractivity contribution in [3.05, 3.63) is 82.7 Å². The average molecular weight is 493 g/mol. The molecule has 0 bridgehead atoms. The van der Waals surface area contributed by atoms with Gasteiger partial charge in [-0.2, -0.15) is 9.40 Å². The second-order valence-corrected chi connectivity index (χ2v) is 11.5. The summed E-state index contributed by atoms with van der Waals surface area (Å²) in [6.45, 7) is 3.56. The summed E-state index contributed by atoms with van der Waals surface area (Å²) in [5.41, 5.74) is 4.42. The van der Waals surface area contributed by atoms with Crippen molar-refractivity contribution in [1.82, 2.24) is 19.4 Å². The maximum absolute atomic E-state index is 13.3. The van der Waals surface area contributed by atoms with Gasteiger partial charge in [0.25, 0.3) is 5.91 Å². The number of hydrogen-bond donors (Lipinski definition) is 1. The van der Waals surface area contributed by atoms with Gasteiger partial charge in [0.2, 0.25) is 10.0 Å². The molecule has 2 aromatic carbocycles. The summed E-state index contributed by atoms with van der Waals surface area (Å²) in [5.74, 6) is -0.256. The molecule has 1 aliphatic carbocycles. The fourth-order valence-electron chi connectivity index (χ4n) is 5.17. The van der Waals surface area contributed by atoms with Crippen LogP contribution in [0.1, 0.15) is 70.9 Å². The van der Waals surface area contributed by atoms with Gasteiger partial charge in [-0.05, 0) is 62.3 Å². The molecule has 2 aliphatic rings. The molecule has 35 heavy (non-hydrogen) atoms. The summed E-state index contributed by atoms with van der Waals surface area (Å²) in [7, 11) is -3.62. The van der Waals surface area contributed by atoms with E-state index in [0.29, 0.717) is 30.8 Å². The van der Waals surface area contributed by atoms with E-state index in [9.17, 15) is 13.2 Å². The highest BCUT2D eigenvalue weighted by molar-refractivity contribution is 7.89. The topological polar surface area (TPSA) is 84.3 Å². The van der Waals surface area contributed by atoms with Crippen LogP contribution in [-0.2, 0) is 23.0 Å². The Morgan fingerprint density at radius 2 is 1.83 bits per heavy atom. The molecule has 2 heterocycles. The summed E-state index contributed by atoms with van der Waals surface area (Å²) >= 11 is 0. The zero-order chi connectivity index (χ0) is 24.4. The summed E-state index contributed by atoms with van der Waals surface area (Å²) in [5, 5.41) is 7.76. The molecular formula is C27H32N4O3S. The highest BCUT2D eigenvalue weighted by Crippen LogP contribution is 2.31. The highest BCUT2D eigenvalue weighted by Gasteiger charge is 2.29. The van der Waals surface area contributed by atoms with Crippen LogP contribution in [0.2, 0.25) is 0 Å². The molecule has 5 rings (SSSR count). The van der Waals surface area contributed by atoms with Crippen molar-refractivity contribution >= 4 is 15.9 Å². The van der Waals surface area contributed by atoms with Gasteiger partial charge in [0, 0.05) is 29.9 Å². The number of nitrogens with one attached hydrogen (secondary N) is 1. The lowest BCUT2D eigenvalue weighted by molar-refractivity contribution is 0.0932. The van der Waals surface area contributed by atoms with E-state index in [1.807, 2.05) is 29.1 Å². The molecule has 1 saturated heterocycles. The Kier molecular flexibility index (Phi) is 6.75. The summed E-state index contributed by atoms with van der Waals surface area (Å²) < 4.78 is 30.1. The predicted molar refractivity (Wildman–Crippen MR) is 135 cm³/mol. The van der Waals surface area contributed by atoms with E-state index >= 15 is 0 Å². The van der Waals surface area contributed by atoms with E-state index in [0.717, 1.165) is 49.8 Å². The Balaban J connectivity index is 1.35. The Hall–Kier alpha value is -2.97. The maximum Gasteiger partial charge on any atom is 0.251 e. The second kappa shape index (κ2) is 9.95. The number of carbonyl (C=O) groups excluding carboxylic acids is 1. The molecule has 1 atom stereocenters. The van der Waals surface area contributed by atoms with Crippen molar-refractivity contribution in [2.45, 2.75) is 62.9 Å². The predicted octanol–water partition coefficient (Wildman–Crippen LogP) is 4.22. The third-order valence-electron chi connectivity index (χ3n) is 7.13. The van der Waals surface area contributed by atoms with Crippen LogP contribution < -0.4 is 5.32 Å². The van der Waals surface area contributed by atoms with Gasteiger partial charge in [-0.1, -0.05) is 42.8 Å². The lowest BCUT2D eigenvalue weighted by atomic mass is 9.92. The number of rotatable bonds is 6. The van der Waals surface area contributed by atoms with Crippen molar-refractivity contribution in [3.63, 3.8) is 0 Å². The van der Waals surface area contributed by atoms with Crippen molar-refractivity contribution in [1.29, 1.82) is 0 Å². The quantitative estimate of drug-likeness (QED) is 0.558. The highest BCUT2D eigenvalue weighted by atomic mass is 32.2. The first-order chi connectivity index (χ1) is 16.9. The standard InChI is InChI=1S/C27H32N4O3S/c1-20-13-14-22(17-26(20)35(33,34)30-15-6-3-7-16-30)27(32)29-24-11-8-12-25-23(24)18-28-31(25)19-21-9-4-2-5-10-21/h2,4-5,9-10,13-14,17-18,24H,3,6-8,11-12,15-16,19H2,1H3,(H,29,32). The lowest BCUT2D eigenvalue weighted by Crippen LogP contribution is -2.36. The SMILES string of the molecule is Cc1ccc(C(=O)NC2CCCc3c2cnn3Cc2ccccc2)cc1S(=O)(=O)N1CCCCC1. The first-order valence-corrected chi connectivity index (χ1v) is 13.9. The van der Waals surface area contributed by atoms with Gasteiger partial charge in [0.1, 0.15) is 0 Å². The zero-order valence-electron chi connectivity index (χ0n) is 20.1. The van der Waals surface area contributed by atoms with Gasteiger partial charge in [-0.15, -0.1) is 0 Å². The molecule has 0 radical (unpaired) electrons. The molecule has 0 spiro atoms. The van der Waals surface area contributed by atoms with Crippen LogP contribution in [0.25, 0.3) is 0 Å². The number of sulfonamides is 1. The first kappa shape index (κ1) is 23.8. The lowest BCUT2D eigenvalue weighted by Gasteiger charge is -2.27. The largest absolute Gasteiger partial charge is 0.345 e. The number of aromatic nitrogens is 2. The van der Waals surface area contributed by atoms with Crippen LogP contribution in [0, 0.1) is 6.92 Å². The molecule has 3 aromatic rings. The van der Waals surface area contributed by atoms with Gasteiger partial charge < -0.3 is 5.32 Å². The Morgan fingerprint density at radius 1 is 1.06 bits per heavy atom. The third-order valence-corrected chi connectivity index (χ3v) is 9.17. The fraction of sp³-hybridized carbons (Fsp3) is 0.407. The Morgan fingerprint density at radius 3 is 2.60 bits per heavy atom. The minimum absolute atomic E-state index is 0.140. The number of benzene rings is 2. The monoisotopic (exact) mass is 492 g/mol. The molecule has 1 amide bonds. The molecular weight excluding hydrogens is 460 g/mol. The maximum atomic E-state index is 13.3. The van der Waals surface area contributed by atoms with Crippen molar-refractivity contribution in [2.24, 2.45) is 0 Å². The summed E-state index contributed by atoms with van der Waals surface area (Å²) in [6.07, 6.45) is 7.39. The molecule has 1 fully saturated rings. The van der Waals surface area contributed by atoms with Gasteiger partial charge in [-0.25, -0.2) is 8.42 Å². The number of amides is 1. The first-order valence-electron chi connectivity index (χ1n) is 12.4. The van der Waals surface area contributed by atoms with Crippen LogP contribution in [0.4, 0.5) is 0 Å². The minimum atomic E-state index is -3.62. The van der Waals surface area contributed by atoms with E-state index in [1.165, 1.54) is 11.6 Å². The molecule has 1 unspecified atom stereocenters. The molecule has 7 nitrogen and oxygen atoms in total. The number of fused-ring (bicyclic) bond motifs is 1. The second-order valence-electron chi connectivity index (χ2n) is 9.55. The molecule has 1 aliphatic heterocycles. The summed E-state index contributed by atoms with van der Waals surface area (Å²) in [6, 6.07) is 15.1. The zero-order valence-corrected chi connectivity index (χ0v) is 20.9. The smallest absolute Gasteiger partial charge is 0.251 e. The molecule has 184 valence electrons. The Bertz CT molecular complexity index is 1310.